The average Bonchev–Trinajstić information content (AvgIpc) is 3.01. The summed E-state index contributed by atoms with van der Waals surface area (Å²) in [6, 6.07) is 21.3. The van der Waals surface area contributed by atoms with E-state index < -0.39 is 0 Å². The van der Waals surface area contributed by atoms with Crippen LogP contribution in [0, 0.1) is 6.07 Å². The highest BCUT2D eigenvalue weighted by molar-refractivity contribution is 7.50. The van der Waals surface area contributed by atoms with Gasteiger partial charge in [-0.15, -0.1) is 7.53 Å². The number of fused-ring (bicyclic) bond motifs is 3. The van der Waals surface area contributed by atoms with Crippen molar-refractivity contribution in [3.05, 3.63) is 71.5 Å². The van der Waals surface area contributed by atoms with E-state index in [1.54, 1.807) is 0 Å². The van der Waals surface area contributed by atoms with E-state index in [9.17, 15) is 0 Å². The summed E-state index contributed by atoms with van der Waals surface area (Å²) in [7, 11) is -0.121. The fourth-order valence-corrected chi connectivity index (χ4v) is 4.29. The molecule has 1 aromatic heterocycles. The Bertz CT molecular complexity index is 765. The molecule has 0 N–H and O–H groups in total. The molecule has 1 aliphatic rings. The van der Waals surface area contributed by atoms with Crippen molar-refractivity contribution in [1.29, 1.82) is 0 Å². The van der Waals surface area contributed by atoms with Crippen molar-refractivity contribution in [3.63, 3.8) is 0 Å². The summed E-state index contributed by atoms with van der Waals surface area (Å²) in [6.45, 7) is 2.31. The van der Waals surface area contributed by atoms with Crippen LogP contribution in [0.15, 0.2) is 54.3 Å². The Kier molecular flexibility index (Phi) is 2.40. The van der Waals surface area contributed by atoms with Crippen molar-refractivity contribution in [3.8, 4) is 22.0 Å². The third kappa shape index (κ3) is 1.68. The molecular formula is C18H14P. The van der Waals surface area contributed by atoms with E-state index in [4.69, 9.17) is 0 Å². The average molecular weight is 261 g/mol. The SMILES string of the molecule is Cp1cccc1-c1[c]c2c(cc1)-c1ccccc1C2. The first kappa shape index (κ1) is 11.1. The van der Waals surface area contributed by atoms with Gasteiger partial charge in [0, 0.05) is 5.30 Å². The Morgan fingerprint density at radius 2 is 1.84 bits per heavy atom. The van der Waals surface area contributed by atoms with E-state index in [1.807, 2.05) is 0 Å². The predicted molar refractivity (Wildman–Crippen MR) is 82.6 cm³/mol. The van der Waals surface area contributed by atoms with Gasteiger partial charge in [0.2, 0.25) is 0 Å². The summed E-state index contributed by atoms with van der Waals surface area (Å²) < 4.78 is 0. The highest BCUT2D eigenvalue weighted by Gasteiger charge is 2.18. The maximum absolute atomic E-state index is 3.65. The summed E-state index contributed by atoms with van der Waals surface area (Å²) in [6.07, 6.45) is 1.03. The van der Waals surface area contributed by atoms with Crippen LogP contribution in [0.1, 0.15) is 11.1 Å². The van der Waals surface area contributed by atoms with Gasteiger partial charge < -0.3 is 0 Å². The van der Waals surface area contributed by atoms with Crippen LogP contribution in [0.3, 0.4) is 0 Å². The molecule has 0 aliphatic heterocycles. The van der Waals surface area contributed by atoms with Gasteiger partial charge in [0.15, 0.2) is 0 Å². The maximum Gasteiger partial charge on any atom is 0.00153 e. The largest absolute Gasteiger partial charge is 0.120 e. The van der Waals surface area contributed by atoms with Gasteiger partial charge in [-0.25, -0.2) is 0 Å². The van der Waals surface area contributed by atoms with E-state index >= 15 is 0 Å². The fourth-order valence-electron chi connectivity index (χ4n) is 2.95. The zero-order valence-corrected chi connectivity index (χ0v) is 11.7. The van der Waals surface area contributed by atoms with Crippen LogP contribution in [-0.2, 0) is 13.1 Å². The van der Waals surface area contributed by atoms with Crippen LogP contribution in [0.4, 0.5) is 0 Å². The summed E-state index contributed by atoms with van der Waals surface area (Å²) in [5.74, 6) is 2.31. The zero-order chi connectivity index (χ0) is 12.8. The van der Waals surface area contributed by atoms with Crippen LogP contribution in [-0.4, -0.2) is 0 Å². The molecule has 19 heavy (non-hydrogen) atoms. The smallest absolute Gasteiger partial charge is 0.00153 e. The summed E-state index contributed by atoms with van der Waals surface area (Å²) in [5.41, 5.74) is 6.83. The first-order valence-corrected chi connectivity index (χ1v) is 8.44. The highest BCUT2D eigenvalue weighted by Crippen LogP contribution is 2.42. The Labute approximate surface area is 114 Å². The number of aryl methyl sites for hydroxylation is 1. The Hall–Kier alpha value is -1.78. The molecule has 0 bridgehead atoms. The molecule has 1 atom stereocenters. The lowest BCUT2D eigenvalue weighted by Crippen LogP contribution is -1.82. The minimum atomic E-state index is -0.121. The molecule has 0 amide bonds. The Morgan fingerprint density at radius 1 is 0.947 bits per heavy atom. The van der Waals surface area contributed by atoms with Gasteiger partial charge in [-0.1, -0.05) is 48.5 Å². The minimum Gasteiger partial charge on any atom is -0.120 e. The zero-order valence-electron chi connectivity index (χ0n) is 10.9. The molecule has 2 aromatic carbocycles. The van der Waals surface area contributed by atoms with Crippen molar-refractivity contribution >= 4 is 7.53 Å². The van der Waals surface area contributed by atoms with Crippen molar-refractivity contribution in [2.75, 3.05) is 0 Å². The summed E-state index contributed by atoms with van der Waals surface area (Å²) >= 11 is 0. The van der Waals surface area contributed by atoms with Crippen molar-refractivity contribution in [2.45, 2.75) is 6.42 Å². The summed E-state index contributed by atoms with van der Waals surface area (Å²) in [4.78, 5) is 0. The Balaban J connectivity index is 1.86. The van der Waals surface area contributed by atoms with E-state index in [0.717, 1.165) is 6.42 Å². The van der Waals surface area contributed by atoms with E-state index in [2.05, 4.69) is 67.1 Å². The first-order valence-electron chi connectivity index (χ1n) is 6.58. The first-order chi connectivity index (χ1) is 9.33. The molecule has 91 valence electrons. The van der Waals surface area contributed by atoms with Crippen LogP contribution in [0.2, 0.25) is 0 Å². The molecule has 0 saturated heterocycles. The lowest BCUT2D eigenvalue weighted by atomic mass is 10.0. The standard InChI is InChI=1S/C18H14P/c1-19-10-4-7-18(19)14-8-9-17-15(12-14)11-13-5-2-3-6-16(13)17/h2-10H,11H2,1H3. The molecule has 4 rings (SSSR count). The van der Waals surface area contributed by atoms with Gasteiger partial charge >= 0.3 is 0 Å². The molecule has 0 fully saturated rings. The lowest BCUT2D eigenvalue weighted by Gasteiger charge is -2.05. The molecule has 1 unspecified atom stereocenters. The molecule has 3 aromatic rings. The fraction of sp³-hybridized carbons (Fsp3) is 0.111. The van der Waals surface area contributed by atoms with Crippen LogP contribution in [0.5, 0.6) is 0 Å². The van der Waals surface area contributed by atoms with Crippen molar-refractivity contribution in [2.24, 2.45) is 6.66 Å². The number of benzene rings is 2. The molecule has 1 heteroatoms. The van der Waals surface area contributed by atoms with Gasteiger partial charge in [-0.2, -0.15) is 0 Å². The van der Waals surface area contributed by atoms with E-state index in [0.29, 0.717) is 0 Å². The lowest BCUT2D eigenvalue weighted by molar-refractivity contribution is 1.26. The third-order valence-corrected chi connectivity index (χ3v) is 5.69. The second kappa shape index (κ2) is 4.11. The van der Waals surface area contributed by atoms with Gasteiger partial charge in [-0.3, -0.25) is 0 Å². The second-order valence-electron chi connectivity index (χ2n) is 5.10. The van der Waals surface area contributed by atoms with Crippen LogP contribution < -0.4 is 0 Å². The quantitative estimate of drug-likeness (QED) is 0.439. The van der Waals surface area contributed by atoms with Gasteiger partial charge in [-0.05, 0) is 52.8 Å². The molecule has 1 heterocycles. The third-order valence-electron chi connectivity index (χ3n) is 3.92. The van der Waals surface area contributed by atoms with Gasteiger partial charge in [0.05, 0.1) is 0 Å². The number of hydrogen-bond donors (Lipinski definition) is 0. The van der Waals surface area contributed by atoms with E-state index in [1.165, 1.54) is 33.1 Å². The molecular weight excluding hydrogens is 247 g/mol. The minimum absolute atomic E-state index is 0.121. The highest BCUT2D eigenvalue weighted by atomic mass is 31.1. The van der Waals surface area contributed by atoms with Crippen molar-refractivity contribution < 1.29 is 0 Å². The van der Waals surface area contributed by atoms with E-state index in [-0.39, 0.29) is 7.53 Å². The normalized spacial score (nSPS) is 13.2. The Morgan fingerprint density at radius 3 is 2.68 bits per heavy atom. The predicted octanol–water partition coefficient (Wildman–Crippen LogP) is 5.25. The second-order valence-corrected chi connectivity index (χ2v) is 7.10. The maximum atomic E-state index is 3.65. The molecule has 1 aliphatic carbocycles. The molecule has 0 saturated carbocycles. The van der Waals surface area contributed by atoms with Crippen molar-refractivity contribution in [1.82, 2.24) is 0 Å². The van der Waals surface area contributed by atoms with Crippen LogP contribution >= 0.6 is 7.53 Å². The van der Waals surface area contributed by atoms with Gasteiger partial charge in [0.1, 0.15) is 0 Å². The molecule has 1 radical (unpaired) electrons. The topological polar surface area (TPSA) is 0 Å². The monoisotopic (exact) mass is 261 g/mol. The molecule has 0 nitrogen and oxygen atoms in total. The summed E-state index contributed by atoms with van der Waals surface area (Å²) in [5, 5.41) is 1.45. The van der Waals surface area contributed by atoms with Crippen LogP contribution in [0.25, 0.3) is 22.0 Å². The number of hydrogen-bond acceptors (Lipinski definition) is 0. The molecule has 0 spiro atoms. The van der Waals surface area contributed by atoms with Gasteiger partial charge in [0.25, 0.3) is 0 Å². The number of rotatable bonds is 1.